The van der Waals surface area contributed by atoms with Crippen molar-refractivity contribution in [3.63, 3.8) is 0 Å². The Morgan fingerprint density at radius 2 is 1.83 bits per heavy atom. The second-order valence-electron chi connectivity index (χ2n) is 9.25. The van der Waals surface area contributed by atoms with Crippen LogP contribution in [0.5, 0.6) is 0 Å². The van der Waals surface area contributed by atoms with Gasteiger partial charge in [-0.2, -0.15) is 0 Å². The first-order valence-electron chi connectivity index (χ1n) is 11.4. The van der Waals surface area contributed by atoms with Crippen LogP contribution in [0.15, 0.2) is 71.9 Å². The molecule has 1 aromatic heterocycles. The molecule has 35 heavy (non-hydrogen) atoms. The molecule has 0 saturated carbocycles. The van der Waals surface area contributed by atoms with Gasteiger partial charge in [-0.3, -0.25) is 4.79 Å². The SMILES string of the molecule is CC(C)(F)c1nc(N2CC3CSC(NC(=O)c4ccccc4)=NC3(c3ccccc3)C2)ncc1F. The van der Waals surface area contributed by atoms with Gasteiger partial charge in [0.05, 0.1) is 12.7 Å². The molecule has 180 valence electrons. The summed E-state index contributed by atoms with van der Waals surface area (Å²) in [6, 6.07) is 18.9. The first kappa shape index (κ1) is 23.4. The standard InChI is InChI=1S/C26H25F2N5OS/c1-25(2,28)21-20(27)13-29-23(30-21)33-14-19-15-35-24(31-22(34)17-9-5-3-6-10-17)32-26(19,16-33)18-11-7-4-8-12-18/h3-13,19H,14-16H2,1-2H3,(H,31,32,34). The Bertz CT molecular complexity index is 1270. The highest BCUT2D eigenvalue weighted by Crippen LogP contribution is 2.46. The number of amidine groups is 1. The maximum absolute atomic E-state index is 14.6. The molecule has 1 N–H and O–H groups in total. The monoisotopic (exact) mass is 493 g/mol. The van der Waals surface area contributed by atoms with Gasteiger partial charge in [0.2, 0.25) is 5.95 Å². The fourth-order valence-electron chi connectivity index (χ4n) is 4.63. The summed E-state index contributed by atoms with van der Waals surface area (Å²) < 4.78 is 28.8. The van der Waals surface area contributed by atoms with E-state index in [0.29, 0.717) is 29.6 Å². The van der Waals surface area contributed by atoms with Crippen LogP contribution >= 0.6 is 11.8 Å². The van der Waals surface area contributed by atoms with Crippen molar-refractivity contribution < 1.29 is 13.6 Å². The highest BCUT2D eigenvalue weighted by molar-refractivity contribution is 8.13. The van der Waals surface area contributed by atoms with E-state index in [4.69, 9.17) is 4.99 Å². The molecule has 3 heterocycles. The van der Waals surface area contributed by atoms with E-state index in [1.807, 2.05) is 53.4 Å². The minimum absolute atomic E-state index is 0.0859. The number of halogens is 2. The maximum Gasteiger partial charge on any atom is 0.257 e. The van der Waals surface area contributed by atoms with Crippen LogP contribution in [0.1, 0.15) is 35.5 Å². The van der Waals surface area contributed by atoms with Gasteiger partial charge >= 0.3 is 0 Å². The Kier molecular flexibility index (Phi) is 6.04. The molecule has 3 aromatic rings. The normalized spacial score (nSPS) is 21.9. The number of carbonyl (C=O) groups excluding carboxylic acids is 1. The lowest BCUT2D eigenvalue weighted by atomic mass is 9.82. The minimum atomic E-state index is -1.94. The Morgan fingerprint density at radius 1 is 1.14 bits per heavy atom. The van der Waals surface area contributed by atoms with E-state index in [2.05, 4.69) is 15.3 Å². The first-order chi connectivity index (χ1) is 16.8. The largest absolute Gasteiger partial charge is 0.338 e. The summed E-state index contributed by atoms with van der Waals surface area (Å²) in [5, 5.41) is 3.51. The van der Waals surface area contributed by atoms with Crippen molar-refractivity contribution in [3.05, 3.63) is 89.5 Å². The van der Waals surface area contributed by atoms with Gasteiger partial charge in [0.1, 0.15) is 16.9 Å². The summed E-state index contributed by atoms with van der Waals surface area (Å²) in [7, 11) is 0. The van der Waals surface area contributed by atoms with E-state index in [0.717, 1.165) is 11.8 Å². The van der Waals surface area contributed by atoms with Crippen molar-refractivity contribution in [2.24, 2.45) is 10.9 Å². The molecule has 0 radical (unpaired) electrons. The molecule has 2 aliphatic rings. The summed E-state index contributed by atoms with van der Waals surface area (Å²) in [5.41, 5.74) is -1.29. The third kappa shape index (κ3) is 4.52. The van der Waals surface area contributed by atoms with E-state index in [-0.39, 0.29) is 23.5 Å². The lowest BCUT2D eigenvalue weighted by molar-refractivity contribution is 0.0977. The fraction of sp³-hybridized carbons (Fsp3) is 0.308. The van der Waals surface area contributed by atoms with Crippen LogP contribution < -0.4 is 10.2 Å². The molecule has 2 unspecified atom stereocenters. The van der Waals surface area contributed by atoms with Crippen molar-refractivity contribution in [2.45, 2.75) is 25.1 Å². The summed E-state index contributed by atoms with van der Waals surface area (Å²) in [4.78, 5) is 28.2. The van der Waals surface area contributed by atoms with Crippen molar-refractivity contribution >= 4 is 28.8 Å². The zero-order chi connectivity index (χ0) is 24.6. The topological polar surface area (TPSA) is 70.5 Å². The maximum atomic E-state index is 14.6. The number of anilines is 1. The summed E-state index contributed by atoms with van der Waals surface area (Å²) in [6.45, 7) is 3.55. The molecule has 2 atom stereocenters. The second-order valence-corrected chi connectivity index (χ2v) is 10.3. The van der Waals surface area contributed by atoms with Gasteiger partial charge < -0.3 is 10.2 Å². The molecule has 2 aliphatic heterocycles. The molecular weight excluding hydrogens is 468 g/mol. The number of hydrogen-bond acceptors (Lipinski definition) is 6. The van der Waals surface area contributed by atoms with E-state index >= 15 is 0 Å². The molecular formula is C26H25F2N5OS. The van der Waals surface area contributed by atoms with Gasteiger partial charge in [-0.15, -0.1) is 0 Å². The predicted molar refractivity (Wildman–Crippen MR) is 134 cm³/mol. The molecule has 2 aromatic carbocycles. The van der Waals surface area contributed by atoms with E-state index < -0.39 is 17.0 Å². The number of carbonyl (C=O) groups is 1. The van der Waals surface area contributed by atoms with E-state index in [9.17, 15) is 13.6 Å². The summed E-state index contributed by atoms with van der Waals surface area (Å²) in [5.74, 6) is 0.0805. The number of fused-ring (bicyclic) bond motifs is 1. The van der Waals surface area contributed by atoms with Crippen LogP contribution in [-0.2, 0) is 11.2 Å². The third-order valence-electron chi connectivity index (χ3n) is 6.38. The molecule has 0 bridgehead atoms. The van der Waals surface area contributed by atoms with Gasteiger partial charge in [0.25, 0.3) is 5.91 Å². The number of alkyl halides is 1. The van der Waals surface area contributed by atoms with Crippen molar-refractivity contribution in [2.75, 3.05) is 23.7 Å². The zero-order valence-electron chi connectivity index (χ0n) is 19.4. The van der Waals surface area contributed by atoms with Gasteiger partial charge in [-0.25, -0.2) is 23.7 Å². The number of nitrogens with zero attached hydrogens (tertiary/aromatic N) is 4. The Balaban J connectivity index is 1.50. The van der Waals surface area contributed by atoms with Crippen LogP contribution in [-0.4, -0.2) is 39.9 Å². The van der Waals surface area contributed by atoms with Gasteiger partial charge in [-0.05, 0) is 31.5 Å². The number of nitrogens with one attached hydrogen (secondary N) is 1. The molecule has 0 spiro atoms. The number of amides is 1. The quantitative estimate of drug-likeness (QED) is 0.571. The molecule has 9 heteroatoms. The van der Waals surface area contributed by atoms with Gasteiger partial charge in [-0.1, -0.05) is 60.3 Å². The van der Waals surface area contributed by atoms with Crippen molar-refractivity contribution in [3.8, 4) is 0 Å². The summed E-state index contributed by atoms with van der Waals surface area (Å²) >= 11 is 1.49. The molecule has 6 nitrogen and oxygen atoms in total. The molecule has 1 amide bonds. The lowest BCUT2D eigenvalue weighted by Gasteiger charge is -2.35. The zero-order valence-corrected chi connectivity index (χ0v) is 20.2. The molecule has 1 saturated heterocycles. The Hall–Kier alpha value is -3.33. The number of hydrogen-bond donors (Lipinski definition) is 1. The molecule has 5 rings (SSSR count). The number of thioether (sulfide) groups is 1. The Labute approximate surface area is 206 Å². The first-order valence-corrected chi connectivity index (χ1v) is 12.4. The van der Waals surface area contributed by atoms with Crippen molar-refractivity contribution in [1.82, 2.24) is 15.3 Å². The smallest absolute Gasteiger partial charge is 0.257 e. The number of rotatable bonds is 4. The van der Waals surface area contributed by atoms with Crippen LogP contribution in [0, 0.1) is 11.7 Å². The average Bonchev–Trinajstić information content (AvgIpc) is 3.25. The second kappa shape index (κ2) is 9.03. The third-order valence-corrected chi connectivity index (χ3v) is 7.41. The predicted octanol–water partition coefficient (Wildman–Crippen LogP) is 4.68. The van der Waals surface area contributed by atoms with Crippen LogP contribution in [0.25, 0.3) is 0 Å². The van der Waals surface area contributed by atoms with Gasteiger partial charge in [0, 0.05) is 23.8 Å². The number of aliphatic imine (C=N–C) groups is 1. The van der Waals surface area contributed by atoms with E-state index in [1.165, 1.54) is 25.6 Å². The average molecular weight is 494 g/mol. The molecule has 0 aliphatic carbocycles. The minimum Gasteiger partial charge on any atom is -0.338 e. The van der Waals surface area contributed by atoms with E-state index in [1.54, 1.807) is 12.1 Å². The lowest BCUT2D eigenvalue weighted by Crippen LogP contribution is -2.42. The fourth-order valence-corrected chi connectivity index (χ4v) is 5.76. The van der Waals surface area contributed by atoms with Gasteiger partial charge in [0.15, 0.2) is 11.0 Å². The van der Waals surface area contributed by atoms with Crippen LogP contribution in [0.3, 0.4) is 0 Å². The van der Waals surface area contributed by atoms with Crippen LogP contribution in [0.4, 0.5) is 14.7 Å². The van der Waals surface area contributed by atoms with Crippen molar-refractivity contribution in [1.29, 1.82) is 0 Å². The summed E-state index contributed by atoms with van der Waals surface area (Å²) in [6.07, 6.45) is 1.03. The highest BCUT2D eigenvalue weighted by Gasteiger charge is 2.51. The Morgan fingerprint density at radius 3 is 2.51 bits per heavy atom. The highest BCUT2D eigenvalue weighted by atomic mass is 32.2. The number of benzene rings is 2. The number of aromatic nitrogens is 2. The van der Waals surface area contributed by atoms with Crippen LogP contribution in [0.2, 0.25) is 0 Å². The molecule has 1 fully saturated rings.